The van der Waals surface area contributed by atoms with Gasteiger partial charge in [-0.05, 0) is 42.5 Å². The predicted octanol–water partition coefficient (Wildman–Crippen LogP) is 3.33. The third-order valence-corrected chi connectivity index (χ3v) is 6.25. The molecule has 4 aromatic rings. The Morgan fingerprint density at radius 2 is 2.10 bits per heavy atom. The van der Waals surface area contributed by atoms with Crippen LogP contribution in [-0.2, 0) is 0 Å². The van der Waals surface area contributed by atoms with Crippen LogP contribution >= 0.6 is 11.3 Å². The van der Waals surface area contributed by atoms with Crippen molar-refractivity contribution in [2.45, 2.75) is 18.9 Å². The Hall–Kier alpha value is -3.26. The van der Waals surface area contributed by atoms with E-state index in [0.717, 1.165) is 23.4 Å². The van der Waals surface area contributed by atoms with E-state index in [0.29, 0.717) is 29.7 Å². The number of likely N-dealkylation sites (tertiary alicyclic amines) is 1. The molecule has 146 valence electrons. The van der Waals surface area contributed by atoms with E-state index >= 15 is 0 Å². The van der Waals surface area contributed by atoms with Crippen LogP contribution in [0.15, 0.2) is 59.0 Å². The first-order valence-corrected chi connectivity index (χ1v) is 10.4. The number of aromatic nitrogens is 4. The summed E-state index contributed by atoms with van der Waals surface area (Å²) in [5.74, 6) is -0.115. The van der Waals surface area contributed by atoms with Gasteiger partial charge in [-0.15, -0.1) is 11.3 Å². The Morgan fingerprint density at radius 3 is 2.97 bits per heavy atom. The Morgan fingerprint density at radius 1 is 1.21 bits per heavy atom. The Balaban J connectivity index is 1.39. The van der Waals surface area contributed by atoms with E-state index in [1.807, 2.05) is 35.7 Å². The van der Waals surface area contributed by atoms with Gasteiger partial charge in [0.1, 0.15) is 0 Å². The van der Waals surface area contributed by atoms with Gasteiger partial charge in [0.2, 0.25) is 0 Å². The number of nitrogens with zero attached hydrogens (tertiary/aromatic N) is 4. The van der Waals surface area contributed by atoms with Crippen molar-refractivity contribution in [1.29, 1.82) is 0 Å². The summed E-state index contributed by atoms with van der Waals surface area (Å²) in [7, 11) is 0. The average Bonchev–Trinajstić information content (AvgIpc) is 3.46. The second-order valence-corrected chi connectivity index (χ2v) is 8.11. The van der Waals surface area contributed by atoms with Crippen molar-refractivity contribution >= 4 is 28.1 Å². The van der Waals surface area contributed by atoms with Crippen molar-refractivity contribution in [3.05, 3.63) is 70.2 Å². The molecule has 29 heavy (non-hydrogen) atoms. The molecule has 1 amide bonds. The molecule has 5 rings (SSSR count). The van der Waals surface area contributed by atoms with E-state index in [2.05, 4.69) is 15.2 Å². The van der Waals surface area contributed by atoms with Crippen molar-refractivity contribution in [3.8, 4) is 10.6 Å². The van der Waals surface area contributed by atoms with Crippen LogP contribution in [0.25, 0.3) is 21.5 Å². The zero-order chi connectivity index (χ0) is 19.8. The maximum atomic E-state index is 13.0. The lowest BCUT2D eigenvalue weighted by Gasteiger charge is -2.33. The van der Waals surface area contributed by atoms with Crippen LogP contribution in [0.2, 0.25) is 0 Å². The number of carbonyl (C=O) groups is 1. The van der Waals surface area contributed by atoms with E-state index in [1.54, 1.807) is 39.3 Å². The van der Waals surface area contributed by atoms with E-state index in [4.69, 9.17) is 0 Å². The first-order chi connectivity index (χ1) is 14.2. The molecule has 3 aromatic heterocycles. The van der Waals surface area contributed by atoms with Gasteiger partial charge in [0.25, 0.3) is 11.5 Å². The smallest absolute Gasteiger partial charge is 0.274 e. The fourth-order valence-corrected chi connectivity index (χ4v) is 4.55. The molecule has 0 saturated carbocycles. The summed E-state index contributed by atoms with van der Waals surface area (Å²) in [5.41, 5.74) is 1.87. The van der Waals surface area contributed by atoms with Crippen LogP contribution in [0, 0.1) is 0 Å². The summed E-state index contributed by atoms with van der Waals surface area (Å²) in [6.07, 6.45) is 3.27. The Labute approximate surface area is 170 Å². The summed E-state index contributed by atoms with van der Waals surface area (Å²) in [4.78, 5) is 33.2. The SMILES string of the molecule is O=C(c1cc(-c2cccs2)[nH]n1)N1CCC[C@H](n2cnc3ccccc3c2=O)C1. The molecule has 1 aliphatic rings. The van der Waals surface area contributed by atoms with Crippen LogP contribution in [0.5, 0.6) is 0 Å². The summed E-state index contributed by atoms with van der Waals surface area (Å²) >= 11 is 1.60. The first-order valence-electron chi connectivity index (χ1n) is 9.55. The summed E-state index contributed by atoms with van der Waals surface area (Å²) in [6, 6.07) is 13.0. The molecule has 8 heteroatoms. The van der Waals surface area contributed by atoms with Gasteiger partial charge in [0, 0.05) is 13.1 Å². The van der Waals surface area contributed by atoms with Crippen molar-refractivity contribution in [1.82, 2.24) is 24.6 Å². The molecule has 1 aliphatic heterocycles. The monoisotopic (exact) mass is 405 g/mol. The van der Waals surface area contributed by atoms with E-state index in [9.17, 15) is 9.59 Å². The van der Waals surface area contributed by atoms with Gasteiger partial charge in [-0.25, -0.2) is 4.98 Å². The number of para-hydroxylation sites is 1. The molecule has 0 bridgehead atoms. The van der Waals surface area contributed by atoms with E-state index < -0.39 is 0 Å². The van der Waals surface area contributed by atoms with Gasteiger partial charge >= 0.3 is 0 Å². The standard InChI is InChI=1S/C21H19N5O2S/c27-20-15-6-1-2-7-16(15)22-13-26(20)14-5-3-9-25(12-14)21(28)18-11-17(23-24-18)19-8-4-10-29-19/h1-2,4,6-8,10-11,13-14H,3,5,9,12H2,(H,23,24)/t14-/m0/s1. The molecule has 1 aromatic carbocycles. The number of amides is 1. The molecule has 1 fully saturated rings. The number of H-pyrrole nitrogens is 1. The van der Waals surface area contributed by atoms with Crippen LogP contribution in [0.1, 0.15) is 29.4 Å². The van der Waals surface area contributed by atoms with Gasteiger partial charge in [-0.1, -0.05) is 18.2 Å². The number of benzene rings is 1. The van der Waals surface area contributed by atoms with Crippen LogP contribution in [0.3, 0.4) is 0 Å². The summed E-state index contributed by atoms with van der Waals surface area (Å²) in [6.45, 7) is 1.13. The largest absolute Gasteiger partial charge is 0.335 e. The quantitative estimate of drug-likeness (QED) is 0.567. The van der Waals surface area contributed by atoms with Crippen molar-refractivity contribution in [2.24, 2.45) is 0 Å². The highest BCUT2D eigenvalue weighted by atomic mass is 32.1. The van der Waals surface area contributed by atoms with Crippen molar-refractivity contribution in [3.63, 3.8) is 0 Å². The van der Waals surface area contributed by atoms with Crippen molar-refractivity contribution < 1.29 is 4.79 Å². The van der Waals surface area contributed by atoms with Gasteiger partial charge < -0.3 is 4.90 Å². The number of rotatable bonds is 3. The average molecular weight is 405 g/mol. The maximum absolute atomic E-state index is 13.0. The van der Waals surface area contributed by atoms with Crippen LogP contribution in [-0.4, -0.2) is 43.6 Å². The third-order valence-electron chi connectivity index (χ3n) is 5.35. The number of hydrogen-bond donors (Lipinski definition) is 1. The fourth-order valence-electron chi connectivity index (χ4n) is 3.86. The van der Waals surface area contributed by atoms with Gasteiger partial charge in [0.05, 0.1) is 33.8 Å². The number of thiophene rings is 1. The fraction of sp³-hybridized carbons (Fsp3) is 0.238. The molecular weight excluding hydrogens is 386 g/mol. The number of piperidine rings is 1. The maximum Gasteiger partial charge on any atom is 0.274 e. The summed E-state index contributed by atoms with van der Waals surface area (Å²) < 4.78 is 1.67. The van der Waals surface area contributed by atoms with Crippen molar-refractivity contribution in [2.75, 3.05) is 13.1 Å². The van der Waals surface area contributed by atoms with E-state index in [1.165, 1.54) is 0 Å². The normalized spacial score (nSPS) is 17.0. The zero-order valence-corrected chi connectivity index (χ0v) is 16.4. The Kier molecular flexibility index (Phi) is 4.48. The lowest BCUT2D eigenvalue weighted by molar-refractivity contribution is 0.0671. The lowest BCUT2D eigenvalue weighted by atomic mass is 10.0. The lowest BCUT2D eigenvalue weighted by Crippen LogP contribution is -2.43. The molecule has 0 radical (unpaired) electrons. The number of hydrogen-bond acceptors (Lipinski definition) is 5. The third kappa shape index (κ3) is 3.25. The number of carbonyl (C=O) groups excluding carboxylic acids is 1. The highest BCUT2D eigenvalue weighted by molar-refractivity contribution is 7.13. The molecule has 0 aliphatic carbocycles. The Bertz CT molecular complexity index is 1230. The molecular formula is C21H19N5O2S. The zero-order valence-electron chi connectivity index (χ0n) is 15.6. The highest BCUT2D eigenvalue weighted by Gasteiger charge is 2.28. The molecule has 7 nitrogen and oxygen atoms in total. The molecule has 0 unspecified atom stereocenters. The first kappa shape index (κ1) is 17.8. The van der Waals surface area contributed by atoms with Crippen LogP contribution in [0.4, 0.5) is 0 Å². The molecule has 4 heterocycles. The minimum atomic E-state index is -0.115. The van der Waals surface area contributed by atoms with E-state index in [-0.39, 0.29) is 17.5 Å². The number of nitrogens with one attached hydrogen (secondary N) is 1. The molecule has 0 spiro atoms. The topological polar surface area (TPSA) is 83.9 Å². The van der Waals surface area contributed by atoms with Gasteiger partial charge in [-0.2, -0.15) is 5.10 Å². The molecule has 1 atom stereocenters. The summed E-state index contributed by atoms with van der Waals surface area (Å²) in [5, 5.41) is 9.75. The van der Waals surface area contributed by atoms with Gasteiger partial charge in [0.15, 0.2) is 5.69 Å². The highest BCUT2D eigenvalue weighted by Crippen LogP contribution is 2.25. The minimum Gasteiger partial charge on any atom is -0.335 e. The van der Waals surface area contributed by atoms with Gasteiger partial charge in [-0.3, -0.25) is 19.3 Å². The number of aromatic amines is 1. The minimum absolute atomic E-state index is 0.0605. The number of fused-ring (bicyclic) bond motifs is 1. The second kappa shape index (κ2) is 7.29. The van der Waals surface area contributed by atoms with Crippen LogP contribution < -0.4 is 5.56 Å². The predicted molar refractivity (Wildman–Crippen MR) is 112 cm³/mol. The molecule has 1 saturated heterocycles. The second-order valence-electron chi connectivity index (χ2n) is 7.17. The molecule has 1 N–H and O–H groups in total.